The molecule has 0 radical (unpaired) electrons. The Morgan fingerprint density at radius 2 is 2.10 bits per heavy atom. The highest BCUT2D eigenvalue weighted by molar-refractivity contribution is 7.89. The molecule has 7 nitrogen and oxygen atoms in total. The van der Waals surface area contributed by atoms with E-state index in [1.165, 1.54) is 12.3 Å². The number of nitrogens with zero attached hydrogens (tertiary/aromatic N) is 1. The van der Waals surface area contributed by atoms with E-state index >= 15 is 0 Å². The van der Waals surface area contributed by atoms with Gasteiger partial charge in [-0.15, -0.1) is 0 Å². The van der Waals surface area contributed by atoms with E-state index in [0.717, 1.165) is 12.1 Å². The lowest BCUT2D eigenvalue weighted by Crippen LogP contribution is -2.24. The number of aromatic nitrogens is 1. The van der Waals surface area contributed by atoms with Gasteiger partial charge < -0.3 is 9.63 Å². The van der Waals surface area contributed by atoms with Gasteiger partial charge in [0, 0.05) is 11.1 Å². The van der Waals surface area contributed by atoms with Gasteiger partial charge in [0.15, 0.2) is 0 Å². The van der Waals surface area contributed by atoms with Crippen LogP contribution in [0.3, 0.4) is 0 Å². The van der Waals surface area contributed by atoms with Gasteiger partial charge in [-0.1, -0.05) is 28.4 Å². The standard InChI is InChI=1S/C11H8Cl2N2O5S/c12-6-3-8(11(16)17)10(13)9(4-6)21(18,19)14-5-7-1-2-20-15-7/h1-4,14H,5H2,(H,16,17). The van der Waals surface area contributed by atoms with Crippen molar-refractivity contribution in [1.29, 1.82) is 0 Å². The first-order valence-corrected chi connectivity index (χ1v) is 7.66. The zero-order valence-electron chi connectivity index (χ0n) is 10.2. The lowest BCUT2D eigenvalue weighted by atomic mass is 10.2. The van der Waals surface area contributed by atoms with Gasteiger partial charge in [0.05, 0.1) is 22.8 Å². The molecule has 2 rings (SSSR count). The van der Waals surface area contributed by atoms with Crippen LogP contribution in [0.5, 0.6) is 0 Å². The minimum atomic E-state index is -4.06. The van der Waals surface area contributed by atoms with Gasteiger partial charge >= 0.3 is 5.97 Å². The van der Waals surface area contributed by atoms with Gasteiger partial charge in [-0.2, -0.15) is 0 Å². The van der Waals surface area contributed by atoms with Gasteiger partial charge in [-0.05, 0) is 12.1 Å². The molecule has 0 aliphatic rings. The molecule has 1 heterocycles. The Kier molecular flexibility index (Phi) is 4.52. The quantitative estimate of drug-likeness (QED) is 0.854. The van der Waals surface area contributed by atoms with Crippen molar-refractivity contribution in [2.75, 3.05) is 0 Å². The SMILES string of the molecule is O=C(O)c1cc(Cl)cc(S(=O)(=O)NCc2ccon2)c1Cl. The Morgan fingerprint density at radius 3 is 2.67 bits per heavy atom. The van der Waals surface area contributed by atoms with Crippen LogP contribution in [0, 0.1) is 0 Å². The van der Waals surface area contributed by atoms with E-state index < -0.39 is 31.5 Å². The molecule has 21 heavy (non-hydrogen) atoms. The first-order chi connectivity index (χ1) is 9.81. The van der Waals surface area contributed by atoms with Crippen molar-refractivity contribution >= 4 is 39.2 Å². The molecule has 1 aromatic heterocycles. The third kappa shape index (κ3) is 3.53. The second-order valence-corrected chi connectivity index (χ2v) is 6.44. The van der Waals surface area contributed by atoms with Crippen LogP contribution < -0.4 is 4.72 Å². The number of benzene rings is 1. The summed E-state index contributed by atoms with van der Waals surface area (Å²) in [6.45, 7) is -0.135. The van der Waals surface area contributed by atoms with Gasteiger partial charge in [-0.25, -0.2) is 17.9 Å². The Morgan fingerprint density at radius 1 is 1.38 bits per heavy atom. The van der Waals surface area contributed by atoms with Crippen molar-refractivity contribution < 1.29 is 22.8 Å². The molecule has 0 amide bonds. The molecule has 0 saturated carbocycles. The van der Waals surface area contributed by atoms with Crippen molar-refractivity contribution in [2.24, 2.45) is 0 Å². The average Bonchev–Trinajstić information content (AvgIpc) is 2.91. The van der Waals surface area contributed by atoms with Crippen LogP contribution in [-0.4, -0.2) is 24.7 Å². The predicted octanol–water partition coefficient (Wildman–Crippen LogP) is 2.16. The molecule has 112 valence electrons. The van der Waals surface area contributed by atoms with Gasteiger partial charge in [0.2, 0.25) is 10.0 Å². The largest absolute Gasteiger partial charge is 0.478 e. The second kappa shape index (κ2) is 6.02. The number of nitrogens with one attached hydrogen (secondary N) is 1. The van der Waals surface area contributed by atoms with E-state index in [9.17, 15) is 13.2 Å². The number of hydrogen-bond donors (Lipinski definition) is 2. The fourth-order valence-corrected chi connectivity index (χ4v) is 3.39. The molecule has 0 unspecified atom stereocenters. The van der Waals surface area contributed by atoms with E-state index in [0.29, 0.717) is 5.69 Å². The number of carbonyl (C=O) groups is 1. The molecule has 0 fully saturated rings. The molecule has 0 saturated heterocycles. The lowest BCUT2D eigenvalue weighted by Gasteiger charge is -2.09. The number of halogens is 2. The Bertz CT molecular complexity index is 774. The van der Waals surface area contributed by atoms with E-state index in [1.807, 2.05) is 0 Å². The van der Waals surface area contributed by atoms with Crippen LogP contribution in [0.1, 0.15) is 16.1 Å². The summed E-state index contributed by atoms with van der Waals surface area (Å²) in [5.41, 5.74) is -0.0406. The monoisotopic (exact) mass is 350 g/mol. The highest BCUT2D eigenvalue weighted by atomic mass is 35.5. The molecule has 2 N–H and O–H groups in total. The van der Waals surface area contributed by atoms with E-state index in [2.05, 4.69) is 14.4 Å². The lowest BCUT2D eigenvalue weighted by molar-refractivity contribution is 0.0697. The van der Waals surface area contributed by atoms with Crippen molar-refractivity contribution in [1.82, 2.24) is 9.88 Å². The van der Waals surface area contributed by atoms with Crippen molar-refractivity contribution in [3.8, 4) is 0 Å². The van der Waals surface area contributed by atoms with Crippen LogP contribution in [0.2, 0.25) is 10.0 Å². The molecule has 0 aliphatic carbocycles. The molecule has 0 spiro atoms. The first kappa shape index (κ1) is 15.8. The Hall–Kier alpha value is -1.61. The number of sulfonamides is 1. The number of rotatable bonds is 5. The van der Waals surface area contributed by atoms with Crippen LogP contribution in [0.25, 0.3) is 0 Å². The molecule has 10 heteroatoms. The van der Waals surface area contributed by atoms with Crippen molar-refractivity contribution in [3.05, 3.63) is 45.8 Å². The maximum Gasteiger partial charge on any atom is 0.337 e. The summed E-state index contributed by atoms with van der Waals surface area (Å²) in [4.78, 5) is 10.6. The van der Waals surface area contributed by atoms with Crippen LogP contribution in [0.15, 0.2) is 33.9 Å². The molecule has 0 atom stereocenters. The second-order valence-electron chi connectivity index (χ2n) is 3.89. The minimum absolute atomic E-state index is 0.0568. The third-order valence-electron chi connectivity index (χ3n) is 2.46. The fraction of sp³-hybridized carbons (Fsp3) is 0.0909. The molecule has 0 aliphatic heterocycles. The van der Waals surface area contributed by atoms with Crippen molar-refractivity contribution in [3.63, 3.8) is 0 Å². The first-order valence-electron chi connectivity index (χ1n) is 5.42. The highest BCUT2D eigenvalue weighted by Gasteiger charge is 2.23. The zero-order chi connectivity index (χ0) is 15.6. The normalized spacial score (nSPS) is 11.5. The van der Waals surface area contributed by atoms with Crippen LogP contribution in [-0.2, 0) is 16.6 Å². The van der Waals surface area contributed by atoms with Gasteiger partial charge in [0.25, 0.3) is 0 Å². The van der Waals surface area contributed by atoms with Crippen LogP contribution in [0.4, 0.5) is 0 Å². The summed E-state index contributed by atoms with van der Waals surface area (Å²) in [5.74, 6) is -1.38. The average molecular weight is 351 g/mol. The van der Waals surface area contributed by atoms with Crippen molar-refractivity contribution in [2.45, 2.75) is 11.4 Å². The van der Waals surface area contributed by atoms with Gasteiger partial charge in [-0.3, -0.25) is 0 Å². The molecular weight excluding hydrogens is 343 g/mol. The summed E-state index contributed by atoms with van der Waals surface area (Å²) < 4.78 is 31.1. The van der Waals surface area contributed by atoms with E-state index in [-0.39, 0.29) is 11.6 Å². The summed E-state index contributed by atoms with van der Waals surface area (Å²) in [6, 6.07) is 3.62. The molecule has 1 aromatic carbocycles. The number of aromatic carboxylic acids is 1. The topological polar surface area (TPSA) is 110 Å². The number of hydrogen-bond acceptors (Lipinski definition) is 5. The van der Waals surface area contributed by atoms with Crippen LogP contribution >= 0.6 is 23.2 Å². The minimum Gasteiger partial charge on any atom is -0.478 e. The maximum atomic E-state index is 12.2. The smallest absolute Gasteiger partial charge is 0.337 e. The third-order valence-corrected chi connectivity index (χ3v) is 4.62. The Labute approximate surface area is 129 Å². The number of carboxylic acids is 1. The maximum absolute atomic E-state index is 12.2. The number of carboxylic acid groups (broad SMARTS) is 1. The molecule has 0 bridgehead atoms. The summed E-state index contributed by atoms with van der Waals surface area (Å²) in [7, 11) is -4.06. The van der Waals surface area contributed by atoms with E-state index in [1.54, 1.807) is 0 Å². The zero-order valence-corrected chi connectivity index (χ0v) is 12.5. The summed E-state index contributed by atoms with van der Waals surface area (Å²) >= 11 is 11.6. The van der Waals surface area contributed by atoms with E-state index in [4.69, 9.17) is 28.3 Å². The summed E-state index contributed by atoms with van der Waals surface area (Å²) in [5, 5.41) is 12.0. The fourth-order valence-electron chi connectivity index (χ4n) is 1.49. The predicted molar refractivity (Wildman–Crippen MR) is 73.9 cm³/mol. The Balaban J connectivity index is 2.37. The highest BCUT2D eigenvalue weighted by Crippen LogP contribution is 2.29. The van der Waals surface area contributed by atoms with Gasteiger partial charge in [0.1, 0.15) is 11.2 Å². The molecule has 2 aromatic rings. The molecular formula is C11H8Cl2N2O5S. The summed E-state index contributed by atoms with van der Waals surface area (Å²) in [6.07, 6.45) is 1.29.